The van der Waals surface area contributed by atoms with Gasteiger partial charge in [-0.3, -0.25) is 9.79 Å². The highest BCUT2D eigenvalue weighted by Crippen LogP contribution is 2.21. The molecule has 1 N–H and O–H groups in total. The quantitative estimate of drug-likeness (QED) is 0.333. The van der Waals surface area contributed by atoms with E-state index in [1.54, 1.807) is 6.34 Å². The van der Waals surface area contributed by atoms with Crippen molar-refractivity contribution in [2.45, 2.75) is 51.0 Å². The molecule has 1 heterocycles. The van der Waals surface area contributed by atoms with E-state index in [9.17, 15) is 4.79 Å². The zero-order valence-corrected chi connectivity index (χ0v) is 19.7. The van der Waals surface area contributed by atoms with Crippen LogP contribution in [0.2, 0.25) is 0 Å². The Hall–Kier alpha value is -2.70. The number of benzene rings is 2. The number of rotatable bonds is 14. The molecule has 1 unspecified atom stereocenters. The molecule has 1 atom stereocenters. The summed E-state index contributed by atoms with van der Waals surface area (Å²) < 4.78 is 11.0. The molecular weight excluding hydrogens is 414 g/mol. The van der Waals surface area contributed by atoms with Crippen molar-refractivity contribution in [3.63, 3.8) is 0 Å². The predicted octanol–water partition coefficient (Wildman–Crippen LogP) is 4.70. The Morgan fingerprint density at radius 2 is 1.73 bits per heavy atom. The van der Waals surface area contributed by atoms with Gasteiger partial charge in [-0.15, -0.1) is 0 Å². The fourth-order valence-corrected chi connectivity index (χ4v) is 3.94. The number of aliphatic imine (C=N–C) groups is 1. The molecule has 1 aliphatic rings. The van der Waals surface area contributed by atoms with Gasteiger partial charge in [-0.25, -0.2) is 5.01 Å². The van der Waals surface area contributed by atoms with Crippen LogP contribution in [0, 0.1) is 0 Å². The number of ether oxygens (including phenoxy) is 2. The second kappa shape index (κ2) is 14.4. The van der Waals surface area contributed by atoms with Crippen LogP contribution >= 0.6 is 0 Å². The molecule has 33 heavy (non-hydrogen) atoms. The minimum absolute atomic E-state index is 0.00843. The Labute approximate surface area is 198 Å². The van der Waals surface area contributed by atoms with E-state index in [-0.39, 0.29) is 12.1 Å². The third-order valence-corrected chi connectivity index (χ3v) is 5.89. The summed E-state index contributed by atoms with van der Waals surface area (Å²) in [7, 11) is 1.44. The van der Waals surface area contributed by atoms with Gasteiger partial charge in [0.15, 0.2) is 0 Å². The fourth-order valence-electron chi connectivity index (χ4n) is 3.94. The zero-order chi connectivity index (χ0) is 23.1. The monoisotopic (exact) mass is 451 g/mol. The summed E-state index contributed by atoms with van der Waals surface area (Å²) in [5, 5.41) is 2.17. The molecule has 0 aliphatic carbocycles. The first-order valence-corrected chi connectivity index (χ1v) is 12.0. The van der Waals surface area contributed by atoms with Crippen LogP contribution in [-0.2, 0) is 20.7 Å². The zero-order valence-electron chi connectivity index (χ0n) is 19.7. The Bertz CT molecular complexity index is 839. The van der Waals surface area contributed by atoms with Gasteiger partial charge in [-0.2, -0.15) is 0 Å². The molecule has 6 heteroatoms. The third kappa shape index (κ3) is 9.36. The van der Waals surface area contributed by atoms with Crippen molar-refractivity contribution in [2.24, 2.45) is 4.99 Å². The number of nitrogens with one attached hydrogen (secondary N) is 1. The van der Waals surface area contributed by atoms with Crippen molar-refractivity contribution in [1.82, 2.24) is 10.4 Å². The van der Waals surface area contributed by atoms with Gasteiger partial charge < -0.3 is 14.9 Å². The second-order valence-corrected chi connectivity index (χ2v) is 8.47. The molecule has 3 rings (SSSR count). The van der Waals surface area contributed by atoms with E-state index in [1.807, 2.05) is 0 Å². The average molecular weight is 452 g/mol. The van der Waals surface area contributed by atoms with E-state index in [0.717, 1.165) is 64.8 Å². The normalized spacial score (nSPS) is 14.6. The number of nitrogens with zero attached hydrogens (tertiary/aromatic N) is 2. The van der Waals surface area contributed by atoms with Crippen LogP contribution < -0.4 is 5.43 Å². The van der Waals surface area contributed by atoms with Crippen molar-refractivity contribution >= 4 is 12.3 Å². The molecule has 2 aromatic carbocycles. The van der Waals surface area contributed by atoms with E-state index >= 15 is 0 Å². The molecule has 0 amide bonds. The molecule has 178 valence electrons. The molecule has 0 bridgehead atoms. The van der Waals surface area contributed by atoms with Gasteiger partial charge >= 0.3 is 5.97 Å². The van der Waals surface area contributed by atoms with Crippen LogP contribution in [0.5, 0.6) is 0 Å². The molecule has 0 radical (unpaired) electrons. The predicted molar refractivity (Wildman–Crippen MR) is 132 cm³/mol. The number of esters is 1. The summed E-state index contributed by atoms with van der Waals surface area (Å²) in [5.74, 6) is -0.118. The molecule has 0 saturated heterocycles. The van der Waals surface area contributed by atoms with E-state index in [0.29, 0.717) is 6.42 Å². The molecular formula is C27H37N3O3. The Balaban J connectivity index is 1.47. The second-order valence-electron chi connectivity index (χ2n) is 8.47. The standard InChI is InChI=1S/C27H37N3O3/c1-32-27(31)12-8-3-2-4-9-19-33-26(21-30-18-17-28-22-29-30)25-15-13-24(14-16-25)20-23-10-6-5-7-11-23/h5-7,10-11,13-16,22,26H,2-4,8-9,12,17-21H2,1H3,(H,28,29). The third-order valence-electron chi connectivity index (χ3n) is 5.89. The number of carbonyl (C=O) groups is 1. The molecule has 0 fully saturated rings. The van der Waals surface area contributed by atoms with Gasteiger partial charge in [0, 0.05) is 26.1 Å². The largest absolute Gasteiger partial charge is 0.469 e. The Morgan fingerprint density at radius 1 is 1.00 bits per heavy atom. The van der Waals surface area contributed by atoms with Gasteiger partial charge in [-0.1, -0.05) is 73.9 Å². The molecule has 6 nitrogen and oxygen atoms in total. The number of carbonyl (C=O) groups excluding carboxylic acids is 1. The van der Waals surface area contributed by atoms with Crippen molar-refractivity contribution < 1.29 is 14.3 Å². The molecule has 0 aromatic heterocycles. The van der Waals surface area contributed by atoms with Gasteiger partial charge in [0.25, 0.3) is 0 Å². The molecule has 0 saturated carbocycles. The minimum Gasteiger partial charge on any atom is -0.469 e. The summed E-state index contributed by atoms with van der Waals surface area (Å²) in [5.41, 5.74) is 7.05. The van der Waals surface area contributed by atoms with Crippen molar-refractivity contribution in [1.29, 1.82) is 0 Å². The fraction of sp³-hybridized carbons (Fsp3) is 0.481. The van der Waals surface area contributed by atoms with Crippen LogP contribution in [-0.4, -0.2) is 50.7 Å². The Morgan fingerprint density at radius 3 is 2.45 bits per heavy atom. The van der Waals surface area contributed by atoms with E-state index in [2.05, 4.69) is 74.8 Å². The van der Waals surface area contributed by atoms with E-state index in [1.165, 1.54) is 23.8 Å². The first-order valence-electron chi connectivity index (χ1n) is 12.0. The highest BCUT2D eigenvalue weighted by molar-refractivity contribution is 5.68. The maximum Gasteiger partial charge on any atom is 0.305 e. The van der Waals surface area contributed by atoms with Crippen LogP contribution in [0.4, 0.5) is 0 Å². The van der Waals surface area contributed by atoms with Gasteiger partial charge in [0.1, 0.15) is 0 Å². The first-order chi connectivity index (χ1) is 16.2. The summed E-state index contributed by atoms with van der Waals surface area (Å²) >= 11 is 0. The molecule has 2 aromatic rings. The SMILES string of the molecule is COC(=O)CCCCCCCOC(CN1CCN=CN1)c1ccc(Cc2ccccc2)cc1. The number of hydrogen-bond acceptors (Lipinski definition) is 6. The lowest BCUT2D eigenvalue weighted by Gasteiger charge is -2.29. The Kier molecular flexibility index (Phi) is 10.9. The summed E-state index contributed by atoms with van der Waals surface area (Å²) in [6, 6.07) is 19.4. The van der Waals surface area contributed by atoms with Crippen LogP contribution in [0.15, 0.2) is 59.6 Å². The van der Waals surface area contributed by atoms with Crippen LogP contribution in [0.3, 0.4) is 0 Å². The molecule has 0 spiro atoms. The van der Waals surface area contributed by atoms with Crippen molar-refractivity contribution in [2.75, 3.05) is 33.4 Å². The number of unbranched alkanes of at least 4 members (excludes halogenated alkanes) is 4. The van der Waals surface area contributed by atoms with Crippen molar-refractivity contribution in [3.05, 3.63) is 71.3 Å². The topological polar surface area (TPSA) is 63.2 Å². The van der Waals surface area contributed by atoms with Gasteiger partial charge in [0.2, 0.25) is 0 Å². The number of methoxy groups -OCH3 is 1. The summed E-state index contributed by atoms with van der Waals surface area (Å²) in [6.45, 7) is 3.20. The van der Waals surface area contributed by atoms with Gasteiger partial charge in [-0.05, 0) is 36.0 Å². The highest BCUT2D eigenvalue weighted by atomic mass is 16.5. The highest BCUT2D eigenvalue weighted by Gasteiger charge is 2.18. The van der Waals surface area contributed by atoms with Gasteiger partial charge in [0.05, 0.1) is 26.1 Å². The lowest BCUT2D eigenvalue weighted by Crippen LogP contribution is -2.44. The van der Waals surface area contributed by atoms with E-state index in [4.69, 9.17) is 4.74 Å². The lowest BCUT2D eigenvalue weighted by molar-refractivity contribution is -0.140. The van der Waals surface area contributed by atoms with Crippen LogP contribution in [0.25, 0.3) is 0 Å². The molecule has 1 aliphatic heterocycles. The lowest BCUT2D eigenvalue weighted by atomic mass is 10.0. The maximum atomic E-state index is 11.2. The number of hydrazine groups is 1. The smallest absolute Gasteiger partial charge is 0.305 e. The van der Waals surface area contributed by atoms with Crippen molar-refractivity contribution in [3.8, 4) is 0 Å². The first kappa shape index (κ1) is 24.9. The van der Waals surface area contributed by atoms with E-state index < -0.39 is 0 Å². The van der Waals surface area contributed by atoms with Crippen LogP contribution in [0.1, 0.15) is 61.3 Å². The minimum atomic E-state index is -0.118. The maximum absolute atomic E-state index is 11.2. The summed E-state index contributed by atoms with van der Waals surface area (Å²) in [6.07, 6.45) is 8.42. The number of hydrogen-bond donors (Lipinski definition) is 1. The summed E-state index contributed by atoms with van der Waals surface area (Å²) in [4.78, 5) is 15.4. The average Bonchev–Trinajstić information content (AvgIpc) is 2.86.